The smallest absolute Gasteiger partial charge is 0.332 e. The Bertz CT molecular complexity index is 1230. The van der Waals surface area contributed by atoms with Crippen LogP contribution in [0.3, 0.4) is 0 Å². The molecule has 0 unspecified atom stereocenters. The summed E-state index contributed by atoms with van der Waals surface area (Å²) in [6, 6.07) is 7.17. The van der Waals surface area contributed by atoms with Crippen LogP contribution < -0.4 is 26.0 Å². The molecule has 0 atom stereocenters. The third-order valence-electron chi connectivity index (χ3n) is 4.59. The predicted molar refractivity (Wildman–Crippen MR) is 107 cm³/mol. The number of benzene rings is 1. The van der Waals surface area contributed by atoms with Crippen LogP contribution in [0, 0.1) is 0 Å². The van der Waals surface area contributed by atoms with Gasteiger partial charge in [-0.1, -0.05) is 6.07 Å². The van der Waals surface area contributed by atoms with E-state index < -0.39 is 11.2 Å². The standard InChI is InChI=1S/C19H18N4O5S/c1-22-17-16(18(25)23(2)19(22)26)14(5-6-20-17)29-9-15(24)21-8-11-3-4-12-13(7-11)28-10-27-12/h3-7H,8-10H2,1-2H3,(H,21,24). The van der Waals surface area contributed by atoms with Gasteiger partial charge < -0.3 is 14.8 Å². The average molecular weight is 414 g/mol. The van der Waals surface area contributed by atoms with Gasteiger partial charge in [0, 0.05) is 31.7 Å². The Labute approximate surface area is 169 Å². The van der Waals surface area contributed by atoms with E-state index in [0.29, 0.717) is 34.0 Å². The summed E-state index contributed by atoms with van der Waals surface area (Å²) in [5, 5.41) is 3.17. The lowest BCUT2D eigenvalue weighted by Gasteiger charge is -2.10. The first-order chi connectivity index (χ1) is 14.0. The molecule has 0 saturated carbocycles. The summed E-state index contributed by atoms with van der Waals surface area (Å²) in [5.74, 6) is 1.29. The zero-order valence-corrected chi connectivity index (χ0v) is 16.6. The fraction of sp³-hybridized carbons (Fsp3) is 0.263. The number of aryl methyl sites for hydroxylation is 1. The summed E-state index contributed by atoms with van der Waals surface area (Å²) in [5.41, 5.74) is 0.313. The highest BCUT2D eigenvalue weighted by molar-refractivity contribution is 8.00. The Morgan fingerprint density at radius 1 is 1.17 bits per heavy atom. The van der Waals surface area contributed by atoms with E-state index in [1.807, 2.05) is 18.2 Å². The molecule has 9 nitrogen and oxygen atoms in total. The molecular weight excluding hydrogens is 396 g/mol. The molecule has 1 aliphatic rings. The van der Waals surface area contributed by atoms with E-state index in [4.69, 9.17) is 9.47 Å². The molecular formula is C19H18N4O5S. The highest BCUT2D eigenvalue weighted by Gasteiger charge is 2.16. The van der Waals surface area contributed by atoms with Crippen LogP contribution in [0.25, 0.3) is 11.0 Å². The molecule has 0 radical (unpaired) electrons. The topological polar surface area (TPSA) is 104 Å². The summed E-state index contributed by atoms with van der Waals surface area (Å²) in [6.45, 7) is 0.552. The lowest BCUT2D eigenvalue weighted by atomic mass is 10.2. The van der Waals surface area contributed by atoms with E-state index in [9.17, 15) is 14.4 Å². The fourth-order valence-corrected chi connectivity index (χ4v) is 3.89. The Hall–Kier alpha value is -3.27. The molecule has 0 bridgehead atoms. The van der Waals surface area contributed by atoms with Crippen molar-refractivity contribution in [2.45, 2.75) is 11.4 Å². The van der Waals surface area contributed by atoms with Gasteiger partial charge in [0.05, 0.1) is 11.1 Å². The van der Waals surface area contributed by atoms with E-state index >= 15 is 0 Å². The number of aromatic nitrogens is 3. The number of hydrogen-bond acceptors (Lipinski definition) is 7. The van der Waals surface area contributed by atoms with Crippen molar-refractivity contribution in [2.75, 3.05) is 12.5 Å². The number of carbonyl (C=O) groups excluding carboxylic acids is 1. The summed E-state index contributed by atoms with van der Waals surface area (Å²) in [4.78, 5) is 41.7. The van der Waals surface area contributed by atoms with Crippen molar-refractivity contribution in [1.82, 2.24) is 19.4 Å². The van der Waals surface area contributed by atoms with Crippen LogP contribution >= 0.6 is 11.8 Å². The van der Waals surface area contributed by atoms with Gasteiger partial charge in [-0.2, -0.15) is 0 Å². The predicted octanol–water partition coefficient (Wildman–Crippen LogP) is 0.769. The summed E-state index contributed by atoms with van der Waals surface area (Å²) in [6.07, 6.45) is 1.52. The monoisotopic (exact) mass is 414 g/mol. The number of carbonyl (C=O) groups is 1. The normalized spacial score (nSPS) is 12.3. The molecule has 1 aliphatic heterocycles. The largest absolute Gasteiger partial charge is 0.454 e. The van der Waals surface area contributed by atoms with E-state index in [-0.39, 0.29) is 18.5 Å². The Kier molecular flexibility index (Phi) is 5.01. The van der Waals surface area contributed by atoms with Crippen molar-refractivity contribution in [3.63, 3.8) is 0 Å². The molecule has 3 aromatic rings. The third-order valence-corrected chi connectivity index (χ3v) is 5.65. The molecule has 150 valence electrons. The molecule has 0 fully saturated rings. The third kappa shape index (κ3) is 3.58. The highest BCUT2D eigenvalue weighted by atomic mass is 32.2. The maximum absolute atomic E-state index is 12.5. The van der Waals surface area contributed by atoms with Crippen LogP contribution in [0.4, 0.5) is 0 Å². The number of pyridine rings is 1. The van der Waals surface area contributed by atoms with Crippen molar-refractivity contribution < 1.29 is 14.3 Å². The lowest BCUT2D eigenvalue weighted by molar-refractivity contribution is -0.118. The maximum atomic E-state index is 12.5. The van der Waals surface area contributed by atoms with Gasteiger partial charge in [0.25, 0.3) is 5.56 Å². The highest BCUT2D eigenvalue weighted by Crippen LogP contribution is 2.32. The van der Waals surface area contributed by atoms with E-state index in [1.54, 1.807) is 13.1 Å². The number of rotatable bonds is 5. The van der Waals surface area contributed by atoms with Crippen LogP contribution in [-0.4, -0.2) is 32.6 Å². The summed E-state index contributed by atoms with van der Waals surface area (Å²) < 4.78 is 13.0. The SMILES string of the molecule is Cn1c(=O)c2c(SCC(=O)NCc3ccc4c(c3)OCO4)ccnc2n(C)c1=O. The first-order valence-corrected chi connectivity index (χ1v) is 9.77. The van der Waals surface area contributed by atoms with Crippen LogP contribution in [0.5, 0.6) is 11.5 Å². The Morgan fingerprint density at radius 2 is 1.97 bits per heavy atom. The Balaban J connectivity index is 1.46. The minimum Gasteiger partial charge on any atom is -0.454 e. The number of fused-ring (bicyclic) bond motifs is 2. The van der Waals surface area contributed by atoms with Crippen molar-refractivity contribution in [2.24, 2.45) is 14.1 Å². The first kappa shape index (κ1) is 19.1. The van der Waals surface area contributed by atoms with Gasteiger partial charge in [0.2, 0.25) is 12.7 Å². The lowest BCUT2D eigenvalue weighted by Crippen LogP contribution is -2.37. The molecule has 4 rings (SSSR count). The molecule has 1 aromatic carbocycles. The number of ether oxygens (including phenoxy) is 2. The van der Waals surface area contributed by atoms with E-state index in [2.05, 4.69) is 10.3 Å². The van der Waals surface area contributed by atoms with Gasteiger partial charge in [0.1, 0.15) is 5.65 Å². The molecule has 3 heterocycles. The molecule has 29 heavy (non-hydrogen) atoms. The zero-order chi connectivity index (χ0) is 20.5. The van der Waals surface area contributed by atoms with Crippen molar-refractivity contribution in [1.29, 1.82) is 0 Å². The van der Waals surface area contributed by atoms with E-state index in [0.717, 1.165) is 10.1 Å². The summed E-state index contributed by atoms with van der Waals surface area (Å²) >= 11 is 1.23. The molecule has 0 saturated heterocycles. The number of hydrogen-bond donors (Lipinski definition) is 1. The second kappa shape index (κ2) is 7.63. The molecule has 0 aliphatic carbocycles. The van der Waals surface area contributed by atoms with Crippen molar-refractivity contribution >= 4 is 28.7 Å². The second-order valence-electron chi connectivity index (χ2n) is 6.47. The fourth-order valence-electron chi connectivity index (χ4n) is 3.03. The Morgan fingerprint density at radius 3 is 2.79 bits per heavy atom. The minimum absolute atomic E-state index is 0.121. The van der Waals surface area contributed by atoms with Crippen LogP contribution in [-0.2, 0) is 25.4 Å². The first-order valence-electron chi connectivity index (χ1n) is 8.78. The van der Waals surface area contributed by atoms with Gasteiger partial charge in [-0.05, 0) is 23.8 Å². The quantitative estimate of drug-likeness (QED) is 0.615. The summed E-state index contributed by atoms with van der Waals surface area (Å²) in [7, 11) is 2.98. The van der Waals surface area contributed by atoms with Crippen LogP contribution in [0.2, 0.25) is 0 Å². The molecule has 1 N–H and O–H groups in total. The molecule has 10 heteroatoms. The van der Waals surface area contributed by atoms with Gasteiger partial charge in [-0.25, -0.2) is 9.78 Å². The maximum Gasteiger partial charge on any atom is 0.332 e. The second-order valence-corrected chi connectivity index (χ2v) is 7.48. The van der Waals surface area contributed by atoms with Crippen molar-refractivity contribution in [3.05, 3.63) is 56.9 Å². The zero-order valence-electron chi connectivity index (χ0n) is 15.8. The number of nitrogens with zero attached hydrogens (tertiary/aromatic N) is 3. The average Bonchev–Trinajstić information content (AvgIpc) is 3.20. The van der Waals surface area contributed by atoms with Gasteiger partial charge >= 0.3 is 5.69 Å². The molecule has 0 spiro atoms. The molecule has 1 amide bonds. The van der Waals surface area contributed by atoms with Crippen molar-refractivity contribution in [3.8, 4) is 11.5 Å². The van der Waals surface area contributed by atoms with E-state index in [1.165, 1.54) is 29.6 Å². The van der Waals surface area contributed by atoms with Gasteiger partial charge in [-0.15, -0.1) is 11.8 Å². The van der Waals surface area contributed by atoms with Gasteiger partial charge in [-0.3, -0.25) is 18.7 Å². The van der Waals surface area contributed by atoms with Crippen LogP contribution in [0.15, 0.2) is 44.9 Å². The van der Waals surface area contributed by atoms with Gasteiger partial charge in [0.15, 0.2) is 11.5 Å². The number of thioether (sulfide) groups is 1. The van der Waals surface area contributed by atoms with Crippen LogP contribution in [0.1, 0.15) is 5.56 Å². The molecule has 2 aromatic heterocycles. The number of nitrogens with one attached hydrogen (secondary N) is 1. The number of amides is 1. The minimum atomic E-state index is -0.446.